The maximum atomic E-state index is 12.8. The topological polar surface area (TPSA) is 79.2 Å². The molecular weight excluding hydrogens is 386 g/mol. The number of amides is 2. The molecule has 9 heteroatoms. The van der Waals surface area contributed by atoms with Crippen molar-refractivity contribution in [1.82, 2.24) is 4.31 Å². The number of imide groups is 1. The predicted octanol–water partition coefficient (Wildman–Crippen LogP) is -0.0306. The number of rotatable bonds is 4. The summed E-state index contributed by atoms with van der Waals surface area (Å²) >= 11 is 1.21. The molecule has 2 amide bonds. The van der Waals surface area contributed by atoms with Crippen LogP contribution in [0.15, 0.2) is 52.1 Å². The van der Waals surface area contributed by atoms with Crippen molar-refractivity contribution in [3.05, 3.63) is 47.8 Å². The molecule has 0 aliphatic carbocycles. The van der Waals surface area contributed by atoms with Gasteiger partial charge in [-0.3, -0.25) is 9.59 Å². The van der Waals surface area contributed by atoms with Gasteiger partial charge in [0, 0.05) is 0 Å². The van der Waals surface area contributed by atoms with Gasteiger partial charge in [0.25, 0.3) is 15.9 Å². The van der Waals surface area contributed by atoms with E-state index in [4.69, 9.17) is 0 Å². The van der Waals surface area contributed by atoms with Crippen molar-refractivity contribution in [3.63, 3.8) is 0 Å². The van der Waals surface area contributed by atoms with Crippen LogP contribution in [0.1, 0.15) is 6.42 Å². The number of nitrogens with zero attached hydrogens (tertiary/aromatic N) is 2. The van der Waals surface area contributed by atoms with Gasteiger partial charge >= 0.3 is 0 Å². The number of sulfonamides is 1. The van der Waals surface area contributed by atoms with Crippen LogP contribution in [0.4, 0.5) is 5.69 Å². The molecular formula is C18H20N3O4S2+. The molecule has 1 N–H and O–H groups in total. The summed E-state index contributed by atoms with van der Waals surface area (Å²) in [6, 6.07) is 11.8. The maximum Gasteiger partial charge on any atom is 0.292 e. The fraction of sp³-hybridized carbons (Fsp3) is 0.333. The van der Waals surface area contributed by atoms with Crippen molar-refractivity contribution in [3.8, 4) is 0 Å². The molecule has 2 fully saturated rings. The molecule has 0 saturated carbocycles. The molecule has 1 aromatic heterocycles. The third-order valence-electron chi connectivity index (χ3n) is 5.11. The van der Waals surface area contributed by atoms with Gasteiger partial charge in [0.15, 0.2) is 6.04 Å². The second kappa shape index (κ2) is 7.16. The van der Waals surface area contributed by atoms with Crippen LogP contribution < -0.4 is 9.80 Å². The number of hydrogen-bond donors (Lipinski definition) is 1. The van der Waals surface area contributed by atoms with Gasteiger partial charge < -0.3 is 4.90 Å². The van der Waals surface area contributed by atoms with Gasteiger partial charge in [-0.1, -0.05) is 24.3 Å². The van der Waals surface area contributed by atoms with E-state index in [1.807, 2.05) is 6.07 Å². The summed E-state index contributed by atoms with van der Waals surface area (Å²) in [5, 5.41) is 1.75. The lowest BCUT2D eigenvalue weighted by atomic mass is 10.2. The second-order valence-corrected chi connectivity index (χ2v) is 9.77. The zero-order chi connectivity index (χ0) is 19.0. The third-order valence-corrected chi connectivity index (χ3v) is 8.38. The Balaban J connectivity index is 1.45. The lowest BCUT2D eigenvalue weighted by Gasteiger charge is -2.33. The molecule has 3 heterocycles. The summed E-state index contributed by atoms with van der Waals surface area (Å²) in [7, 11) is -3.47. The average Bonchev–Trinajstić information content (AvgIpc) is 3.31. The van der Waals surface area contributed by atoms with Crippen molar-refractivity contribution < 1.29 is 22.9 Å². The van der Waals surface area contributed by atoms with E-state index in [1.165, 1.54) is 20.5 Å². The number of benzene rings is 1. The van der Waals surface area contributed by atoms with Crippen LogP contribution >= 0.6 is 11.3 Å². The first-order valence-electron chi connectivity index (χ1n) is 8.78. The quantitative estimate of drug-likeness (QED) is 0.724. The first-order valence-corrected chi connectivity index (χ1v) is 11.1. The summed E-state index contributed by atoms with van der Waals surface area (Å²) in [6.07, 6.45) is 0.167. The third kappa shape index (κ3) is 3.31. The molecule has 0 radical (unpaired) electrons. The fourth-order valence-corrected chi connectivity index (χ4v) is 6.28. The minimum absolute atomic E-state index is 0.167. The SMILES string of the molecule is O=C1C[C@@H]([NH+]2CCN(S(=O)(=O)c3cccs3)CC2)C(=O)N1c1ccccc1. The first-order chi connectivity index (χ1) is 13.0. The molecule has 0 spiro atoms. The van der Waals surface area contributed by atoms with E-state index in [9.17, 15) is 18.0 Å². The normalized spacial score (nSPS) is 22.5. The van der Waals surface area contributed by atoms with E-state index in [1.54, 1.807) is 41.8 Å². The molecule has 4 rings (SSSR count). The second-order valence-electron chi connectivity index (χ2n) is 6.65. The highest BCUT2D eigenvalue weighted by molar-refractivity contribution is 7.91. The zero-order valence-corrected chi connectivity index (χ0v) is 16.2. The Hall–Kier alpha value is -2.07. The fourth-order valence-electron chi connectivity index (χ4n) is 3.70. The number of carbonyl (C=O) groups is 2. The van der Waals surface area contributed by atoms with Gasteiger partial charge in [-0.05, 0) is 23.6 Å². The smallest absolute Gasteiger partial charge is 0.292 e. The van der Waals surface area contributed by atoms with Crippen LogP contribution in [0, 0.1) is 0 Å². The molecule has 2 aliphatic heterocycles. The number of piperazine rings is 1. The largest absolute Gasteiger partial charge is 0.322 e. The Kier molecular flexibility index (Phi) is 4.85. The van der Waals surface area contributed by atoms with Crippen molar-refractivity contribution in [2.75, 3.05) is 31.1 Å². The number of para-hydroxylation sites is 1. The molecule has 0 bridgehead atoms. The van der Waals surface area contributed by atoms with Crippen LogP contribution in [0.3, 0.4) is 0 Å². The number of nitrogens with one attached hydrogen (secondary N) is 1. The summed E-state index contributed by atoms with van der Waals surface area (Å²) in [4.78, 5) is 27.5. The van der Waals surface area contributed by atoms with E-state index in [0.29, 0.717) is 36.1 Å². The van der Waals surface area contributed by atoms with E-state index in [-0.39, 0.29) is 18.2 Å². The Labute approximate surface area is 161 Å². The monoisotopic (exact) mass is 406 g/mol. The van der Waals surface area contributed by atoms with Crippen molar-refractivity contribution in [2.45, 2.75) is 16.7 Å². The number of hydrogen-bond acceptors (Lipinski definition) is 5. The van der Waals surface area contributed by atoms with E-state index in [2.05, 4.69) is 0 Å². The summed E-state index contributed by atoms with van der Waals surface area (Å²) in [5.74, 6) is -0.395. The van der Waals surface area contributed by atoms with Gasteiger partial charge in [-0.25, -0.2) is 13.3 Å². The van der Waals surface area contributed by atoms with E-state index in [0.717, 1.165) is 4.90 Å². The average molecular weight is 407 g/mol. The zero-order valence-electron chi connectivity index (χ0n) is 14.6. The highest BCUT2D eigenvalue weighted by Crippen LogP contribution is 2.23. The summed E-state index contributed by atoms with van der Waals surface area (Å²) < 4.78 is 27.1. The molecule has 142 valence electrons. The maximum absolute atomic E-state index is 12.8. The molecule has 2 aliphatic rings. The van der Waals surface area contributed by atoms with Crippen LogP contribution in [-0.2, 0) is 19.6 Å². The molecule has 1 aromatic carbocycles. The summed E-state index contributed by atoms with van der Waals surface area (Å²) in [6.45, 7) is 1.71. The van der Waals surface area contributed by atoms with Crippen molar-refractivity contribution in [1.29, 1.82) is 0 Å². The molecule has 7 nitrogen and oxygen atoms in total. The lowest BCUT2D eigenvalue weighted by molar-refractivity contribution is -0.918. The predicted molar refractivity (Wildman–Crippen MR) is 101 cm³/mol. The van der Waals surface area contributed by atoms with Gasteiger partial charge in [-0.2, -0.15) is 4.31 Å². The number of quaternary nitrogens is 1. The van der Waals surface area contributed by atoms with Crippen LogP contribution in [0.2, 0.25) is 0 Å². The standard InChI is InChI=1S/C18H19N3O4S2/c22-16-13-15(18(23)21(16)14-5-2-1-3-6-14)19-8-10-20(11-9-19)27(24,25)17-7-4-12-26-17/h1-7,12,15H,8-11,13H2/p+1/t15-/m1/s1. The molecule has 2 aromatic rings. The van der Waals surface area contributed by atoms with E-state index >= 15 is 0 Å². The molecule has 2 saturated heterocycles. The van der Waals surface area contributed by atoms with Gasteiger partial charge in [0.05, 0.1) is 38.3 Å². The molecule has 1 atom stereocenters. The van der Waals surface area contributed by atoms with E-state index < -0.39 is 16.1 Å². The van der Waals surface area contributed by atoms with Gasteiger partial charge in [-0.15, -0.1) is 11.3 Å². The minimum Gasteiger partial charge on any atom is -0.322 e. The number of anilines is 1. The minimum atomic E-state index is -3.47. The van der Waals surface area contributed by atoms with Crippen LogP contribution in [-0.4, -0.2) is 56.8 Å². The molecule has 27 heavy (non-hydrogen) atoms. The van der Waals surface area contributed by atoms with Crippen LogP contribution in [0.25, 0.3) is 0 Å². The Morgan fingerprint density at radius 2 is 1.70 bits per heavy atom. The van der Waals surface area contributed by atoms with Gasteiger partial charge in [0.1, 0.15) is 4.21 Å². The summed E-state index contributed by atoms with van der Waals surface area (Å²) in [5.41, 5.74) is 0.591. The molecule has 0 unspecified atom stereocenters. The lowest BCUT2D eigenvalue weighted by Crippen LogP contribution is -3.19. The van der Waals surface area contributed by atoms with Gasteiger partial charge in [0.2, 0.25) is 5.91 Å². The van der Waals surface area contributed by atoms with Crippen molar-refractivity contribution >= 4 is 38.9 Å². The van der Waals surface area contributed by atoms with Crippen molar-refractivity contribution in [2.24, 2.45) is 0 Å². The number of thiophene rings is 1. The first kappa shape index (κ1) is 18.3. The Morgan fingerprint density at radius 1 is 1.00 bits per heavy atom. The highest BCUT2D eigenvalue weighted by atomic mass is 32.2. The highest BCUT2D eigenvalue weighted by Gasteiger charge is 2.47. The number of carbonyl (C=O) groups excluding carboxylic acids is 2. The van der Waals surface area contributed by atoms with Crippen LogP contribution in [0.5, 0.6) is 0 Å². The Morgan fingerprint density at radius 3 is 2.33 bits per heavy atom. The Bertz CT molecular complexity index is 936.